The van der Waals surface area contributed by atoms with Crippen LogP contribution in [0, 0.1) is 0 Å². The molecule has 0 saturated heterocycles. The van der Waals surface area contributed by atoms with Crippen molar-refractivity contribution in [2.75, 3.05) is 13.1 Å². The molecule has 21 heavy (non-hydrogen) atoms. The van der Waals surface area contributed by atoms with E-state index in [-0.39, 0.29) is 11.6 Å². The van der Waals surface area contributed by atoms with Crippen molar-refractivity contribution in [1.82, 2.24) is 10.2 Å². The fourth-order valence-electron chi connectivity index (χ4n) is 2.28. The van der Waals surface area contributed by atoms with Crippen LogP contribution in [0.4, 0.5) is 4.79 Å². The Morgan fingerprint density at radius 2 is 2.10 bits per heavy atom. The van der Waals surface area contributed by atoms with Gasteiger partial charge in [-0.1, -0.05) is 24.3 Å². The van der Waals surface area contributed by atoms with E-state index in [0.29, 0.717) is 25.6 Å². The summed E-state index contributed by atoms with van der Waals surface area (Å²) < 4.78 is 0. The molecule has 0 unspecified atom stereocenters. The molecule has 0 radical (unpaired) electrons. The third-order valence-electron chi connectivity index (χ3n) is 3.49. The number of hydrogen-bond donors (Lipinski definition) is 2. The third kappa shape index (κ3) is 4.08. The molecule has 0 aromatic heterocycles. The number of aromatic carboxylic acids is 1. The highest BCUT2D eigenvalue weighted by Gasteiger charge is 2.31. The molecule has 1 aliphatic rings. The Hall–Kier alpha value is -2.30. The minimum absolute atomic E-state index is 0.106. The van der Waals surface area contributed by atoms with Crippen molar-refractivity contribution in [1.29, 1.82) is 0 Å². The predicted molar refractivity (Wildman–Crippen MR) is 80.4 cm³/mol. The highest BCUT2D eigenvalue weighted by atomic mass is 16.4. The second-order valence-electron chi connectivity index (χ2n) is 5.12. The number of amides is 2. The van der Waals surface area contributed by atoms with Crippen LogP contribution in [0.3, 0.4) is 0 Å². The summed E-state index contributed by atoms with van der Waals surface area (Å²) in [6.07, 6.45) is 4.31. The summed E-state index contributed by atoms with van der Waals surface area (Å²) in [5.41, 5.74) is 1.02. The summed E-state index contributed by atoms with van der Waals surface area (Å²) >= 11 is 0. The molecule has 5 heteroatoms. The zero-order chi connectivity index (χ0) is 15.2. The molecule has 0 bridgehead atoms. The molecule has 1 aromatic carbocycles. The summed E-state index contributed by atoms with van der Waals surface area (Å²) in [5.74, 6) is -0.941. The number of benzene rings is 1. The molecule has 2 rings (SSSR count). The Labute approximate surface area is 124 Å². The van der Waals surface area contributed by atoms with Crippen LogP contribution in [0.2, 0.25) is 0 Å². The van der Waals surface area contributed by atoms with Gasteiger partial charge in [0.05, 0.1) is 5.56 Å². The first kappa shape index (κ1) is 15.1. The van der Waals surface area contributed by atoms with Gasteiger partial charge in [-0.2, -0.15) is 0 Å². The van der Waals surface area contributed by atoms with E-state index in [1.807, 2.05) is 0 Å². The Morgan fingerprint density at radius 1 is 1.38 bits per heavy atom. The smallest absolute Gasteiger partial charge is 0.335 e. The minimum atomic E-state index is -0.941. The number of carbonyl (C=O) groups excluding carboxylic acids is 1. The van der Waals surface area contributed by atoms with Crippen LogP contribution in [0.15, 0.2) is 36.9 Å². The van der Waals surface area contributed by atoms with Crippen molar-refractivity contribution >= 4 is 12.0 Å². The number of hydrogen-bond acceptors (Lipinski definition) is 2. The lowest BCUT2D eigenvalue weighted by atomic mass is 10.0. The second kappa shape index (κ2) is 6.92. The highest BCUT2D eigenvalue weighted by molar-refractivity contribution is 5.89. The van der Waals surface area contributed by atoms with Gasteiger partial charge in [-0.15, -0.1) is 6.58 Å². The van der Waals surface area contributed by atoms with E-state index < -0.39 is 5.97 Å². The highest BCUT2D eigenvalue weighted by Crippen LogP contribution is 2.26. The van der Waals surface area contributed by atoms with E-state index in [4.69, 9.17) is 5.11 Å². The molecule has 1 saturated carbocycles. The van der Waals surface area contributed by atoms with Crippen LogP contribution in [0.25, 0.3) is 0 Å². The molecule has 0 atom stereocenters. The molecular formula is C16H20N2O3. The number of carboxylic acids is 1. The van der Waals surface area contributed by atoms with E-state index in [1.165, 1.54) is 0 Å². The van der Waals surface area contributed by atoms with Gasteiger partial charge in [-0.3, -0.25) is 0 Å². The van der Waals surface area contributed by atoms with Gasteiger partial charge in [0.1, 0.15) is 0 Å². The van der Waals surface area contributed by atoms with Crippen molar-refractivity contribution in [3.05, 3.63) is 48.0 Å². The lowest BCUT2D eigenvalue weighted by Crippen LogP contribution is -2.42. The Balaban J connectivity index is 1.87. The van der Waals surface area contributed by atoms with Crippen molar-refractivity contribution in [3.63, 3.8) is 0 Å². The first-order chi connectivity index (χ1) is 10.1. The summed E-state index contributed by atoms with van der Waals surface area (Å²) in [5, 5.41) is 12.0. The maximum absolute atomic E-state index is 12.1. The first-order valence-corrected chi connectivity index (χ1v) is 7.10. The van der Waals surface area contributed by atoms with Gasteiger partial charge in [0.25, 0.3) is 0 Å². The van der Waals surface area contributed by atoms with Gasteiger partial charge in [0, 0.05) is 19.1 Å². The van der Waals surface area contributed by atoms with Crippen LogP contribution >= 0.6 is 0 Å². The summed E-state index contributed by atoms with van der Waals surface area (Å²) in [6, 6.07) is 7.08. The predicted octanol–water partition coefficient (Wildman–Crippen LogP) is 2.29. The van der Waals surface area contributed by atoms with Crippen LogP contribution < -0.4 is 5.32 Å². The van der Waals surface area contributed by atoms with E-state index >= 15 is 0 Å². The second-order valence-corrected chi connectivity index (χ2v) is 5.12. The van der Waals surface area contributed by atoms with E-state index in [1.54, 1.807) is 35.2 Å². The number of carboxylic acid groups (broad SMARTS) is 1. The quantitative estimate of drug-likeness (QED) is 0.756. The van der Waals surface area contributed by atoms with E-state index in [2.05, 4.69) is 11.9 Å². The van der Waals surface area contributed by atoms with Crippen molar-refractivity contribution < 1.29 is 14.7 Å². The third-order valence-corrected chi connectivity index (χ3v) is 3.49. The monoisotopic (exact) mass is 288 g/mol. The average Bonchev–Trinajstić information content (AvgIpc) is 3.29. The fraction of sp³-hybridized carbons (Fsp3) is 0.375. The number of carbonyl (C=O) groups is 2. The van der Waals surface area contributed by atoms with Crippen LogP contribution in [0.5, 0.6) is 0 Å². The molecule has 1 aliphatic carbocycles. The maximum Gasteiger partial charge on any atom is 0.335 e. The number of rotatable bonds is 7. The van der Waals surface area contributed by atoms with Gasteiger partial charge < -0.3 is 15.3 Å². The average molecular weight is 288 g/mol. The van der Waals surface area contributed by atoms with Crippen LogP contribution in [-0.4, -0.2) is 41.1 Å². The summed E-state index contributed by atoms with van der Waals surface area (Å²) in [4.78, 5) is 25.0. The summed E-state index contributed by atoms with van der Waals surface area (Å²) in [6.45, 7) is 4.63. The Bertz CT molecular complexity index is 538. The number of nitrogens with one attached hydrogen (secondary N) is 1. The van der Waals surface area contributed by atoms with Gasteiger partial charge in [-0.05, 0) is 30.9 Å². The Kier molecular flexibility index (Phi) is 4.98. The van der Waals surface area contributed by atoms with Gasteiger partial charge in [0.2, 0.25) is 0 Å². The van der Waals surface area contributed by atoms with Crippen LogP contribution in [-0.2, 0) is 6.42 Å². The molecule has 1 aromatic rings. The molecule has 112 valence electrons. The van der Waals surface area contributed by atoms with Crippen molar-refractivity contribution in [2.24, 2.45) is 0 Å². The van der Waals surface area contributed by atoms with Gasteiger partial charge >= 0.3 is 12.0 Å². The lowest BCUT2D eigenvalue weighted by Gasteiger charge is -2.21. The van der Waals surface area contributed by atoms with E-state index in [0.717, 1.165) is 18.4 Å². The van der Waals surface area contributed by atoms with Crippen LogP contribution in [0.1, 0.15) is 28.8 Å². The molecule has 0 heterocycles. The number of nitrogens with zero attached hydrogens (tertiary/aromatic N) is 1. The molecule has 2 amide bonds. The standard InChI is InChI=1S/C16H20N2O3/c1-2-11-18(13-7-8-13)16(21)17-10-9-12-5-3-4-6-14(12)15(19)20/h2-6,13H,1,7-11H2,(H,17,21)(H,19,20). The van der Waals surface area contributed by atoms with Gasteiger partial charge in [0.15, 0.2) is 0 Å². The zero-order valence-corrected chi connectivity index (χ0v) is 11.9. The largest absolute Gasteiger partial charge is 0.478 e. The molecule has 5 nitrogen and oxygen atoms in total. The van der Waals surface area contributed by atoms with Gasteiger partial charge in [-0.25, -0.2) is 9.59 Å². The SMILES string of the molecule is C=CCN(C(=O)NCCc1ccccc1C(=O)O)C1CC1. The Morgan fingerprint density at radius 3 is 2.71 bits per heavy atom. The fourth-order valence-corrected chi connectivity index (χ4v) is 2.28. The summed E-state index contributed by atoms with van der Waals surface area (Å²) in [7, 11) is 0. The molecule has 1 fully saturated rings. The molecule has 0 aliphatic heterocycles. The number of urea groups is 1. The maximum atomic E-state index is 12.1. The zero-order valence-electron chi connectivity index (χ0n) is 11.9. The molecular weight excluding hydrogens is 268 g/mol. The normalized spacial score (nSPS) is 13.5. The topological polar surface area (TPSA) is 69.6 Å². The molecule has 0 spiro atoms. The van der Waals surface area contributed by atoms with Crippen molar-refractivity contribution in [2.45, 2.75) is 25.3 Å². The van der Waals surface area contributed by atoms with E-state index in [9.17, 15) is 9.59 Å². The van der Waals surface area contributed by atoms with Crippen molar-refractivity contribution in [3.8, 4) is 0 Å². The minimum Gasteiger partial charge on any atom is -0.478 e. The lowest BCUT2D eigenvalue weighted by molar-refractivity contribution is 0.0695. The molecule has 2 N–H and O–H groups in total. The first-order valence-electron chi connectivity index (χ1n) is 7.10.